The monoisotopic (exact) mass is 276 g/mol. The highest BCUT2D eigenvalue weighted by Gasteiger charge is 2.08. The maximum Gasteiger partial charge on any atom is 0.345 e. The highest BCUT2D eigenvalue weighted by molar-refractivity contribution is 7.13. The fourth-order valence-electron chi connectivity index (χ4n) is 1.78. The Labute approximate surface area is 116 Å². The molecule has 0 fully saturated rings. The molecule has 0 atom stereocenters. The van der Waals surface area contributed by atoms with Gasteiger partial charge in [0.2, 0.25) is 0 Å². The predicted octanol–water partition coefficient (Wildman–Crippen LogP) is 3.12. The van der Waals surface area contributed by atoms with E-state index in [-0.39, 0.29) is 0 Å². The van der Waals surface area contributed by atoms with E-state index in [1.54, 1.807) is 6.07 Å². The van der Waals surface area contributed by atoms with Crippen molar-refractivity contribution in [3.05, 3.63) is 46.2 Å². The van der Waals surface area contributed by atoms with Gasteiger partial charge in [-0.3, -0.25) is 0 Å². The predicted molar refractivity (Wildman–Crippen MR) is 79.4 cm³/mol. The van der Waals surface area contributed by atoms with Gasteiger partial charge in [0.1, 0.15) is 4.88 Å². The normalized spacial score (nSPS) is 10.2. The summed E-state index contributed by atoms with van der Waals surface area (Å²) in [6.07, 6.45) is 0. The molecule has 1 heterocycles. The van der Waals surface area contributed by atoms with E-state index in [1.165, 1.54) is 11.3 Å². The van der Waals surface area contributed by atoms with E-state index in [4.69, 9.17) is 5.11 Å². The Bertz CT molecular complexity index is 578. The molecule has 0 aliphatic heterocycles. The topological polar surface area (TPSA) is 52.6 Å². The van der Waals surface area contributed by atoms with Crippen molar-refractivity contribution in [3.8, 4) is 0 Å². The average Bonchev–Trinajstić information content (AvgIpc) is 2.85. The number of nitrogens with zero attached hydrogens (tertiary/aromatic N) is 1. The fourth-order valence-corrected chi connectivity index (χ4v) is 2.57. The van der Waals surface area contributed by atoms with Gasteiger partial charge < -0.3 is 15.3 Å². The molecule has 0 amide bonds. The molecule has 0 spiro atoms. The van der Waals surface area contributed by atoms with Gasteiger partial charge in [0, 0.05) is 25.5 Å². The van der Waals surface area contributed by atoms with Gasteiger partial charge in [-0.15, -0.1) is 11.3 Å². The molecule has 0 unspecified atom stereocenters. The smallest absolute Gasteiger partial charge is 0.345 e. The lowest BCUT2D eigenvalue weighted by Crippen LogP contribution is -2.11. The number of hydrogen-bond donors (Lipinski definition) is 2. The minimum atomic E-state index is -0.870. The number of thiophene rings is 1. The zero-order chi connectivity index (χ0) is 13.8. The molecule has 0 saturated heterocycles. The van der Waals surface area contributed by atoms with Gasteiger partial charge in [-0.25, -0.2) is 4.79 Å². The molecule has 2 aromatic rings. The highest BCUT2D eigenvalue weighted by Crippen LogP contribution is 2.25. The maximum atomic E-state index is 10.8. The molecule has 4 nitrogen and oxygen atoms in total. The van der Waals surface area contributed by atoms with Crippen molar-refractivity contribution in [2.75, 3.05) is 24.3 Å². The molecule has 5 heteroatoms. The fraction of sp³-hybridized carbons (Fsp3) is 0.214. The van der Waals surface area contributed by atoms with Crippen molar-refractivity contribution in [1.29, 1.82) is 0 Å². The summed E-state index contributed by atoms with van der Waals surface area (Å²) in [7, 11) is 3.99. The lowest BCUT2D eigenvalue weighted by Gasteiger charge is -2.18. The van der Waals surface area contributed by atoms with E-state index in [0.29, 0.717) is 11.4 Å². The van der Waals surface area contributed by atoms with Crippen LogP contribution in [0.4, 0.5) is 11.4 Å². The van der Waals surface area contributed by atoms with Crippen LogP contribution in [0.15, 0.2) is 36.4 Å². The molecule has 19 heavy (non-hydrogen) atoms. The Morgan fingerprint density at radius 1 is 1.26 bits per heavy atom. The number of anilines is 2. The van der Waals surface area contributed by atoms with E-state index in [1.807, 2.05) is 49.3 Å². The van der Waals surface area contributed by atoms with Gasteiger partial charge in [-0.2, -0.15) is 0 Å². The summed E-state index contributed by atoms with van der Waals surface area (Å²) < 4.78 is 0. The quantitative estimate of drug-likeness (QED) is 0.881. The minimum Gasteiger partial charge on any atom is -0.477 e. The summed E-state index contributed by atoms with van der Waals surface area (Å²) in [5, 5.41) is 12.2. The summed E-state index contributed by atoms with van der Waals surface area (Å²) in [5.41, 5.74) is 2.15. The second-order valence-corrected chi connectivity index (χ2v) is 5.50. The third-order valence-electron chi connectivity index (χ3n) is 2.71. The Morgan fingerprint density at radius 2 is 2.00 bits per heavy atom. The number of carbonyl (C=O) groups is 1. The largest absolute Gasteiger partial charge is 0.477 e. The number of aromatic carboxylic acids is 1. The SMILES string of the molecule is CN(C)c1ccccc1NCc1ccc(C(=O)O)s1. The van der Waals surface area contributed by atoms with Gasteiger partial charge in [-0.1, -0.05) is 12.1 Å². The average molecular weight is 276 g/mol. The summed E-state index contributed by atoms with van der Waals surface area (Å²) in [4.78, 5) is 14.2. The standard InChI is InChI=1S/C14H16N2O2S/c1-16(2)12-6-4-3-5-11(12)15-9-10-7-8-13(19-10)14(17)18/h3-8,15H,9H2,1-2H3,(H,17,18). The van der Waals surface area contributed by atoms with E-state index >= 15 is 0 Å². The molecule has 1 aromatic carbocycles. The van der Waals surface area contributed by atoms with Crippen molar-refractivity contribution in [1.82, 2.24) is 0 Å². The molecule has 0 aliphatic carbocycles. The van der Waals surface area contributed by atoms with E-state index in [0.717, 1.165) is 16.3 Å². The van der Waals surface area contributed by atoms with Gasteiger partial charge in [0.15, 0.2) is 0 Å². The molecule has 0 bridgehead atoms. The van der Waals surface area contributed by atoms with Crippen LogP contribution in [0.5, 0.6) is 0 Å². The number of carboxylic acid groups (broad SMARTS) is 1. The van der Waals surface area contributed by atoms with E-state index in [9.17, 15) is 4.79 Å². The summed E-state index contributed by atoms with van der Waals surface area (Å²) in [6.45, 7) is 0.628. The van der Waals surface area contributed by atoms with Crippen LogP contribution in [0, 0.1) is 0 Å². The van der Waals surface area contributed by atoms with Crippen LogP contribution in [-0.4, -0.2) is 25.2 Å². The summed E-state index contributed by atoms with van der Waals surface area (Å²) in [5.74, 6) is -0.870. The summed E-state index contributed by atoms with van der Waals surface area (Å²) in [6, 6.07) is 11.5. The second kappa shape index (κ2) is 5.75. The molecular formula is C14H16N2O2S. The third kappa shape index (κ3) is 3.26. The van der Waals surface area contributed by atoms with Gasteiger partial charge in [0.25, 0.3) is 0 Å². The molecule has 0 radical (unpaired) electrons. The zero-order valence-electron chi connectivity index (χ0n) is 10.9. The van der Waals surface area contributed by atoms with Crippen molar-refractivity contribution >= 4 is 28.7 Å². The lowest BCUT2D eigenvalue weighted by atomic mass is 10.2. The van der Waals surface area contributed by atoms with Gasteiger partial charge >= 0.3 is 5.97 Å². The Hall–Kier alpha value is -2.01. The molecule has 100 valence electrons. The van der Waals surface area contributed by atoms with E-state index < -0.39 is 5.97 Å². The first kappa shape index (κ1) is 13.4. The lowest BCUT2D eigenvalue weighted by molar-refractivity contribution is 0.0702. The van der Waals surface area contributed by atoms with Crippen LogP contribution < -0.4 is 10.2 Å². The zero-order valence-corrected chi connectivity index (χ0v) is 11.7. The third-order valence-corrected chi connectivity index (χ3v) is 3.78. The number of carboxylic acids is 1. The van der Waals surface area contributed by atoms with Crippen molar-refractivity contribution < 1.29 is 9.90 Å². The molecular weight excluding hydrogens is 260 g/mol. The van der Waals surface area contributed by atoms with Gasteiger partial charge in [-0.05, 0) is 24.3 Å². The number of rotatable bonds is 5. The van der Waals surface area contributed by atoms with Crippen molar-refractivity contribution in [2.24, 2.45) is 0 Å². The first-order valence-corrected chi connectivity index (χ1v) is 6.72. The second-order valence-electron chi connectivity index (χ2n) is 4.34. The molecule has 2 N–H and O–H groups in total. The van der Waals surface area contributed by atoms with Crippen LogP contribution in [-0.2, 0) is 6.54 Å². The number of hydrogen-bond acceptors (Lipinski definition) is 4. The Morgan fingerprint density at radius 3 is 2.63 bits per heavy atom. The Kier molecular flexibility index (Phi) is 4.06. The van der Waals surface area contributed by atoms with Crippen LogP contribution in [0.25, 0.3) is 0 Å². The molecule has 1 aromatic heterocycles. The van der Waals surface area contributed by atoms with Crippen LogP contribution in [0.3, 0.4) is 0 Å². The van der Waals surface area contributed by atoms with Crippen LogP contribution in [0.1, 0.15) is 14.5 Å². The highest BCUT2D eigenvalue weighted by atomic mass is 32.1. The van der Waals surface area contributed by atoms with Crippen LogP contribution >= 0.6 is 11.3 Å². The number of nitrogens with one attached hydrogen (secondary N) is 1. The maximum absolute atomic E-state index is 10.8. The molecule has 0 aliphatic rings. The summed E-state index contributed by atoms with van der Waals surface area (Å²) >= 11 is 1.30. The Balaban J connectivity index is 2.08. The number of benzene rings is 1. The molecule has 2 rings (SSSR count). The van der Waals surface area contributed by atoms with Crippen LogP contribution in [0.2, 0.25) is 0 Å². The first-order chi connectivity index (χ1) is 9.08. The minimum absolute atomic E-state index is 0.373. The van der Waals surface area contributed by atoms with E-state index in [2.05, 4.69) is 5.32 Å². The van der Waals surface area contributed by atoms with Gasteiger partial charge in [0.05, 0.1) is 11.4 Å². The molecule has 0 saturated carbocycles. The first-order valence-electron chi connectivity index (χ1n) is 5.90. The number of para-hydroxylation sites is 2. The van der Waals surface area contributed by atoms with Crippen molar-refractivity contribution in [2.45, 2.75) is 6.54 Å². The van der Waals surface area contributed by atoms with Crippen molar-refractivity contribution in [3.63, 3.8) is 0 Å².